The molecule has 0 radical (unpaired) electrons. The van der Waals surface area contributed by atoms with E-state index in [1.165, 1.54) is 0 Å². The number of furan rings is 2. The molecule has 0 saturated heterocycles. The molecule has 3 heterocycles. The van der Waals surface area contributed by atoms with Crippen LogP contribution in [-0.2, 0) is 6.42 Å². The van der Waals surface area contributed by atoms with E-state index < -0.39 is 0 Å². The Morgan fingerprint density at radius 3 is 2.92 bits per heavy atom. The zero-order valence-electron chi connectivity index (χ0n) is 14.5. The molecule has 0 aliphatic heterocycles. The first-order valence-electron chi connectivity index (χ1n) is 8.32. The summed E-state index contributed by atoms with van der Waals surface area (Å²) >= 11 is 0. The van der Waals surface area contributed by atoms with Gasteiger partial charge in [-0.05, 0) is 37.0 Å². The Balaban J connectivity index is 1.56. The molecule has 3 aromatic heterocycles. The van der Waals surface area contributed by atoms with Crippen molar-refractivity contribution in [1.82, 2.24) is 10.5 Å². The molecular weight excluding hydrogens is 320 g/mol. The predicted molar refractivity (Wildman–Crippen MR) is 90.0 cm³/mol. The van der Waals surface area contributed by atoms with E-state index in [1.807, 2.05) is 13.0 Å². The normalized spacial score (nSPS) is 18.8. The van der Waals surface area contributed by atoms with Crippen molar-refractivity contribution in [1.29, 1.82) is 0 Å². The standard InChI is InChI=1S/C19H20N2O4/c1-11-7-12-14(9-19(2,3)10-17(12)24-11)20-18(22)13-8-16(25-21-13)15-5-4-6-23-15/h4-8,14H,9-10H2,1-3H3,(H,20,22)/t14-/m0/s1. The van der Waals surface area contributed by atoms with Crippen molar-refractivity contribution >= 4 is 5.91 Å². The minimum atomic E-state index is -0.269. The SMILES string of the molecule is Cc1cc2c(o1)CC(C)(C)C[C@@H]2NC(=O)c1cc(-c2ccco2)on1. The lowest BCUT2D eigenvalue weighted by molar-refractivity contribution is 0.0908. The lowest BCUT2D eigenvalue weighted by atomic mass is 9.74. The molecule has 1 aliphatic rings. The number of aryl methyl sites for hydroxylation is 1. The van der Waals surface area contributed by atoms with Crippen molar-refractivity contribution < 1.29 is 18.2 Å². The van der Waals surface area contributed by atoms with Crippen molar-refractivity contribution in [3.63, 3.8) is 0 Å². The number of aromatic nitrogens is 1. The molecule has 6 heteroatoms. The molecule has 1 amide bonds. The third kappa shape index (κ3) is 2.99. The maximum Gasteiger partial charge on any atom is 0.273 e. The second kappa shape index (κ2) is 5.65. The van der Waals surface area contributed by atoms with Crippen LogP contribution in [-0.4, -0.2) is 11.1 Å². The molecule has 0 bridgehead atoms. The number of nitrogens with zero attached hydrogens (tertiary/aromatic N) is 1. The van der Waals surface area contributed by atoms with Gasteiger partial charge < -0.3 is 18.7 Å². The second-order valence-corrected chi connectivity index (χ2v) is 7.36. The Morgan fingerprint density at radius 2 is 2.16 bits per heavy atom. The summed E-state index contributed by atoms with van der Waals surface area (Å²) < 4.78 is 16.3. The van der Waals surface area contributed by atoms with E-state index in [0.717, 1.165) is 29.9 Å². The predicted octanol–water partition coefficient (Wildman–Crippen LogP) is 4.28. The van der Waals surface area contributed by atoms with Crippen LogP contribution in [0.15, 0.2) is 43.9 Å². The van der Waals surface area contributed by atoms with Crippen LogP contribution in [0.25, 0.3) is 11.5 Å². The summed E-state index contributed by atoms with van der Waals surface area (Å²) in [5.41, 5.74) is 1.34. The first-order valence-corrected chi connectivity index (χ1v) is 8.32. The molecule has 0 aromatic carbocycles. The van der Waals surface area contributed by atoms with Crippen LogP contribution < -0.4 is 5.32 Å². The smallest absolute Gasteiger partial charge is 0.273 e. The molecule has 0 spiro atoms. The van der Waals surface area contributed by atoms with Crippen LogP contribution in [0.2, 0.25) is 0 Å². The number of nitrogens with one attached hydrogen (secondary N) is 1. The molecule has 0 unspecified atom stereocenters. The van der Waals surface area contributed by atoms with Crippen LogP contribution >= 0.6 is 0 Å². The summed E-state index contributed by atoms with van der Waals surface area (Å²) in [4.78, 5) is 12.6. The summed E-state index contributed by atoms with van der Waals surface area (Å²) in [7, 11) is 0. The van der Waals surface area contributed by atoms with Crippen molar-refractivity contribution in [3.05, 3.63) is 53.3 Å². The number of amides is 1. The van der Waals surface area contributed by atoms with Crippen molar-refractivity contribution in [2.45, 2.75) is 39.7 Å². The molecule has 130 valence electrons. The molecule has 4 rings (SSSR count). The monoisotopic (exact) mass is 340 g/mol. The van der Waals surface area contributed by atoms with Gasteiger partial charge in [0.25, 0.3) is 5.91 Å². The highest BCUT2D eigenvalue weighted by Gasteiger charge is 2.36. The van der Waals surface area contributed by atoms with Crippen LogP contribution in [0, 0.1) is 12.3 Å². The fraction of sp³-hybridized carbons (Fsp3) is 0.368. The first kappa shape index (κ1) is 15.7. The fourth-order valence-corrected chi connectivity index (χ4v) is 3.46. The zero-order chi connectivity index (χ0) is 17.6. The maximum atomic E-state index is 12.6. The minimum absolute atomic E-state index is 0.0540. The quantitative estimate of drug-likeness (QED) is 0.769. The number of fused-ring (bicyclic) bond motifs is 1. The van der Waals surface area contributed by atoms with Gasteiger partial charge >= 0.3 is 0 Å². The van der Waals surface area contributed by atoms with Gasteiger partial charge in [0.2, 0.25) is 5.76 Å². The van der Waals surface area contributed by atoms with Gasteiger partial charge in [0.15, 0.2) is 11.5 Å². The number of hydrogen-bond donors (Lipinski definition) is 1. The average molecular weight is 340 g/mol. The third-order valence-corrected chi connectivity index (χ3v) is 4.55. The Morgan fingerprint density at radius 1 is 1.32 bits per heavy atom. The van der Waals surface area contributed by atoms with E-state index in [2.05, 4.69) is 24.3 Å². The Kier molecular flexibility index (Phi) is 3.56. The zero-order valence-corrected chi connectivity index (χ0v) is 14.5. The maximum absolute atomic E-state index is 12.6. The molecule has 0 fully saturated rings. The van der Waals surface area contributed by atoms with Gasteiger partial charge in [-0.3, -0.25) is 4.79 Å². The Labute approximate surface area is 145 Å². The van der Waals surface area contributed by atoms with Crippen LogP contribution in [0.3, 0.4) is 0 Å². The number of carbonyl (C=O) groups excluding carboxylic acids is 1. The van der Waals surface area contributed by atoms with E-state index in [4.69, 9.17) is 13.4 Å². The molecule has 0 saturated carbocycles. The fourth-order valence-electron chi connectivity index (χ4n) is 3.46. The molecule has 25 heavy (non-hydrogen) atoms. The van der Waals surface area contributed by atoms with E-state index in [-0.39, 0.29) is 23.1 Å². The molecule has 1 atom stereocenters. The van der Waals surface area contributed by atoms with Crippen LogP contribution in [0.1, 0.15) is 53.9 Å². The van der Waals surface area contributed by atoms with Gasteiger partial charge in [-0.1, -0.05) is 19.0 Å². The molecule has 1 N–H and O–H groups in total. The number of rotatable bonds is 3. The summed E-state index contributed by atoms with van der Waals surface area (Å²) in [5, 5.41) is 6.93. The van der Waals surface area contributed by atoms with Gasteiger partial charge in [0, 0.05) is 18.1 Å². The van der Waals surface area contributed by atoms with Crippen molar-refractivity contribution in [2.75, 3.05) is 0 Å². The summed E-state index contributed by atoms with van der Waals surface area (Å²) in [6.07, 6.45) is 3.26. The minimum Gasteiger partial charge on any atom is -0.466 e. The molecule has 3 aromatic rings. The van der Waals surface area contributed by atoms with Crippen LogP contribution in [0.4, 0.5) is 0 Å². The van der Waals surface area contributed by atoms with Gasteiger partial charge in [-0.2, -0.15) is 0 Å². The topological polar surface area (TPSA) is 81.4 Å². The first-order chi connectivity index (χ1) is 11.9. The Bertz CT molecular complexity index is 902. The lowest BCUT2D eigenvalue weighted by Gasteiger charge is -2.34. The Hall–Kier alpha value is -2.76. The second-order valence-electron chi connectivity index (χ2n) is 7.36. The number of hydrogen-bond acceptors (Lipinski definition) is 5. The highest BCUT2D eigenvalue weighted by Crippen LogP contribution is 2.42. The van der Waals surface area contributed by atoms with Gasteiger partial charge in [0.05, 0.1) is 12.3 Å². The van der Waals surface area contributed by atoms with Gasteiger partial charge in [0.1, 0.15) is 11.5 Å². The van der Waals surface area contributed by atoms with E-state index >= 15 is 0 Å². The summed E-state index contributed by atoms with van der Waals surface area (Å²) in [6, 6.07) is 7.00. The van der Waals surface area contributed by atoms with Crippen LogP contribution in [0.5, 0.6) is 0 Å². The van der Waals surface area contributed by atoms with Crippen molar-refractivity contribution in [3.8, 4) is 11.5 Å². The summed E-state index contributed by atoms with van der Waals surface area (Å²) in [6.45, 7) is 6.29. The highest BCUT2D eigenvalue weighted by molar-refractivity contribution is 5.93. The summed E-state index contributed by atoms with van der Waals surface area (Å²) in [5.74, 6) is 2.52. The molecule has 6 nitrogen and oxygen atoms in total. The van der Waals surface area contributed by atoms with E-state index in [0.29, 0.717) is 11.5 Å². The van der Waals surface area contributed by atoms with Gasteiger partial charge in [-0.15, -0.1) is 0 Å². The third-order valence-electron chi connectivity index (χ3n) is 4.55. The lowest BCUT2D eigenvalue weighted by Crippen LogP contribution is -2.36. The molecular formula is C19H20N2O4. The highest BCUT2D eigenvalue weighted by atomic mass is 16.5. The number of carbonyl (C=O) groups is 1. The van der Waals surface area contributed by atoms with Gasteiger partial charge in [-0.25, -0.2) is 0 Å². The molecule has 1 aliphatic carbocycles. The van der Waals surface area contributed by atoms with E-state index in [1.54, 1.807) is 24.5 Å². The largest absolute Gasteiger partial charge is 0.466 e. The van der Waals surface area contributed by atoms with Crippen molar-refractivity contribution in [2.24, 2.45) is 5.41 Å². The average Bonchev–Trinajstić information content (AvgIpc) is 3.25. The van der Waals surface area contributed by atoms with E-state index in [9.17, 15) is 4.79 Å².